The maximum atomic E-state index is 5.37. The van der Waals surface area contributed by atoms with Gasteiger partial charge in [0.05, 0.1) is 0 Å². The molecule has 0 N–H and O–H groups in total. The molecule has 0 spiro atoms. The van der Waals surface area contributed by atoms with Gasteiger partial charge in [-0.05, 0) is 158 Å². The molecule has 0 aliphatic heterocycles. The molecule has 0 saturated carbocycles. The lowest BCUT2D eigenvalue weighted by Gasteiger charge is -2.19. The van der Waals surface area contributed by atoms with Crippen molar-refractivity contribution in [3.63, 3.8) is 0 Å². The van der Waals surface area contributed by atoms with E-state index in [1.807, 2.05) is 30.3 Å². The van der Waals surface area contributed by atoms with E-state index in [0.717, 1.165) is 55.6 Å². The molecule has 0 radical (unpaired) electrons. The molecule has 0 unspecified atom stereocenters. The second-order valence-electron chi connectivity index (χ2n) is 17.9. The van der Waals surface area contributed by atoms with E-state index in [1.54, 1.807) is 0 Å². The molecule has 4 aromatic rings. The Labute approximate surface area is 338 Å². The largest absolute Gasteiger partial charge is 0.106 e. The van der Waals surface area contributed by atoms with E-state index in [1.165, 1.54) is 5.56 Å². The minimum Gasteiger partial charge on any atom is -0.106 e. The van der Waals surface area contributed by atoms with Gasteiger partial charge in [-0.25, -0.2) is 0 Å². The summed E-state index contributed by atoms with van der Waals surface area (Å²) in [5, 5.41) is 0. The van der Waals surface area contributed by atoms with Gasteiger partial charge in [-0.3, -0.25) is 0 Å². The molecule has 0 aromatic heterocycles. The molecule has 0 aliphatic rings. The second-order valence-corrected chi connectivity index (χ2v) is 17.9. The van der Waals surface area contributed by atoms with Crippen LogP contribution in [0.15, 0.2) is 78.9 Å². The molecular weight excluding hydrogens is 673 g/mol. The van der Waals surface area contributed by atoms with Crippen LogP contribution in [0.2, 0.25) is 0 Å². The Morgan fingerprint density at radius 3 is 0.821 bits per heavy atom. The Morgan fingerprint density at radius 2 is 0.554 bits per heavy atom. The summed E-state index contributed by atoms with van der Waals surface area (Å²) >= 11 is 0. The van der Waals surface area contributed by atoms with Crippen molar-refractivity contribution in [1.29, 1.82) is 0 Å². The van der Waals surface area contributed by atoms with Crippen molar-refractivity contribution in [3.8, 4) is 95.2 Å². The van der Waals surface area contributed by atoms with Crippen LogP contribution in [0.1, 0.15) is 144 Å². The van der Waals surface area contributed by atoms with Crippen molar-refractivity contribution in [3.05, 3.63) is 140 Å². The van der Waals surface area contributed by atoms with E-state index < -0.39 is 0 Å². The van der Waals surface area contributed by atoms with Gasteiger partial charge in [0.2, 0.25) is 0 Å². The third-order valence-electron chi connectivity index (χ3n) is 8.83. The molecule has 274 valence electrons. The average molecular weight is 723 g/mol. The maximum Gasteiger partial charge on any atom is 0.0270 e. The van der Waals surface area contributed by atoms with Crippen LogP contribution in [0.4, 0.5) is 0 Å². The fourth-order valence-electron chi connectivity index (χ4n) is 5.41. The Hall–Kier alpha value is -6.64. The fraction of sp³-hybridized carbons (Fsp3) is 0.286. The normalized spacial score (nSPS) is 10.6. The summed E-state index contributed by atoms with van der Waals surface area (Å²) in [5.74, 6) is 45.8. The van der Waals surface area contributed by atoms with E-state index >= 15 is 0 Å². The van der Waals surface area contributed by atoms with Crippen molar-refractivity contribution in [2.45, 2.75) is 105 Å². The molecule has 56 heavy (non-hydrogen) atoms. The van der Waals surface area contributed by atoms with E-state index in [9.17, 15) is 0 Å². The number of hydrogen-bond acceptors (Lipinski definition) is 0. The standard InChI is InChI=1S/C56H50/c1-14-15-23-43-32-44(37-50(36-43)54(5,6)7)26-18-19-27-47-34-48(41-52(40-47)56(11,12)13)29-21-20-28-46-33-45(38-51(39-46)55(8,9)10)25-17-16-24-42-30-22-31-49(35-42)53(2,3)4/h1,22,30-41H,2-13H3. The van der Waals surface area contributed by atoms with Crippen molar-refractivity contribution in [2.24, 2.45) is 0 Å². The van der Waals surface area contributed by atoms with Crippen LogP contribution in [0.25, 0.3) is 0 Å². The number of terminal acetylenes is 1. The van der Waals surface area contributed by atoms with E-state index in [-0.39, 0.29) is 21.7 Å². The highest BCUT2D eigenvalue weighted by Gasteiger charge is 2.17. The predicted octanol–water partition coefficient (Wildman–Crippen LogP) is 11.1. The highest BCUT2D eigenvalue weighted by Crippen LogP contribution is 2.27. The zero-order chi connectivity index (χ0) is 41.1. The first-order chi connectivity index (χ1) is 26.2. The van der Waals surface area contributed by atoms with Crippen LogP contribution < -0.4 is 0 Å². The molecule has 0 fully saturated rings. The molecule has 0 bridgehead atoms. The molecule has 0 aliphatic carbocycles. The van der Waals surface area contributed by atoms with Crippen LogP contribution in [-0.2, 0) is 21.7 Å². The molecule has 0 nitrogen and oxygen atoms in total. The lowest BCUT2D eigenvalue weighted by molar-refractivity contribution is 0.589. The van der Waals surface area contributed by atoms with Crippen molar-refractivity contribution in [2.75, 3.05) is 0 Å². The fourth-order valence-corrected chi connectivity index (χ4v) is 5.41. The zero-order valence-electron chi connectivity index (χ0n) is 35.1. The zero-order valence-corrected chi connectivity index (χ0v) is 35.1. The highest BCUT2D eigenvalue weighted by molar-refractivity contribution is 5.56. The van der Waals surface area contributed by atoms with Gasteiger partial charge in [-0.2, -0.15) is 0 Å². The van der Waals surface area contributed by atoms with E-state index in [2.05, 4.69) is 220 Å². The van der Waals surface area contributed by atoms with Crippen molar-refractivity contribution in [1.82, 2.24) is 0 Å². The summed E-state index contributed by atoms with van der Waals surface area (Å²) in [6.07, 6.45) is 5.37. The van der Waals surface area contributed by atoms with Crippen molar-refractivity contribution >= 4 is 0 Å². The SMILES string of the molecule is C#CC#Cc1cc(C#CC#Cc2cc(C#CC#Cc3cc(C#CC#Cc4cccc(C(C)(C)C)c4)cc(C(C)(C)C)c3)cc(C(C)(C)C)c2)cc(C(C)(C)C)c1. The minimum absolute atomic E-state index is 0.0605. The first-order valence-corrected chi connectivity index (χ1v) is 18.8. The number of hydrogen-bond donors (Lipinski definition) is 0. The first-order valence-electron chi connectivity index (χ1n) is 18.8. The maximum absolute atomic E-state index is 5.37. The molecule has 4 aromatic carbocycles. The molecule has 4 rings (SSSR count). The summed E-state index contributed by atoms with van der Waals surface area (Å²) < 4.78 is 0. The van der Waals surface area contributed by atoms with Gasteiger partial charge in [-0.15, -0.1) is 6.42 Å². The Balaban J connectivity index is 1.63. The quantitative estimate of drug-likeness (QED) is 0.159. The molecule has 0 atom stereocenters. The summed E-state index contributed by atoms with van der Waals surface area (Å²) in [4.78, 5) is 0. The Bertz CT molecular complexity index is 2640. The van der Waals surface area contributed by atoms with Gasteiger partial charge in [0.25, 0.3) is 0 Å². The second kappa shape index (κ2) is 17.7. The van der Waals surface area contributed by atoms with E-state index in [4.69, 9.17) is 6.42 Å². The average Bonchev–Trinajstić information content (AvgIpc) is 3.11. The third-order valence-corrected chi connectivity index (χ3v) is 8.83. The lowest BCUT2D eigenvalue weighted by atomic mass is 9.85. The van der Waals surface area contributed by atoms with Gasteiger partial charge in [-0.1, -0.05) is 137 Å². The van der Waals surface area contributed by atoms with Gasteiger partial charge in [0.1, 0.15) is 0 Å². The predicted molar refractivity (Wildman–Crippen MR) is 238 cm³/mol. The molecule has 0 heteroatoms. The van der Waals surface area contributed by atoms with Crippen LogP contribution in [0, 0.1) is 95.2 Å². The summed E-state index contributed by atoms with van der Waals surface area (Å²) in [7, 11) is 0. The lowest BCUT2D eigenvalue weighted by Crippen LogP contribution is -2.11. The van der Waals surface area contributed by atoms with Gasteiger partial charge in [0, 0.05) is 38.9 Å². The molecule has 0 heterocycles. The van der Waals surface area contributed by atoms with Gasteiger partial charge < -0.3 is 0 Å². The van der Waals surface area contributed by atoms with Crippen LogP contribution >= 0.6 is 0 Å². The molecular formula is C56H50. The Kier molecular flexibility index (Phi) is 13.3. The topological polar surface area (TPSA) is 0 Å². The number of rotatable bonds is 0. The van der Waals surface area contributed by atoms with Crippen LogP contribution in [0.5, 0.6) is 0 Å². The van der Waals surface area contributed by atoms with Crippen molar-refractivity contribution < 1.29 is 0 Å². The minimum atomic E-state index is -0.0969. The van der Waals surface area contributed by atoms with Gasteiger partial charge >= 0.3 is 0 Å². The Morgan fingerprint density at radius 1 is 0.304 bits per heavy atom. The van der Waals surface area contributed by atoms with Gasteiger partial charge in [0.15, 0.2) is 0 Å². The molecule has 0 amide bonds. The summed E-state index contributed by atoms with van der Waals surface area (Å²) in [6.45, 7) is 26.2. The van der Waals surface area contributed by atoms with Crippen LogP contribution in [0.3, 0.4) is 0 Å². The monoisotopic (exact) mass is 722 g/mol. The van der Waals surface area contributed by atoms with E-state index in [0.29, 0.717) is 0 Å². The first kappa shape index (κ1) is 42.1. The summed E-state index contributed by atoms with van der Waals surface area (Å²) in [6, 6.07) is 26.9. The third kappa shape index (κ3) is 13.0. The molecule has 0 saturated heterocycles. The smallest absolute Gasteiger partial charge is 0.0270 e. The number of benzene rings is 4. The highest BCUT2D eigenvalue weighted by atomic mass is 14.2. The van der Waals surface area contributed by atoms with Crippen LogP contribution in [-0.4, -0.2) is 0 Å². The summed E-state index contributed by atoms with van der Waals surface area (Å²) in [5.41, 5.74) is 10.6.